The first kappa shape index (κ1) is 15.9. The monoisotopic (exact) mass is 305 g/mol. The molecule has 0 bridgehead atoms. The molecular formula is C17H20FNOS. The van der Waals surface area contributed by atoms with Crippen LogP contribution in [0.4, 0.5) is 4.39 Å². The van der Waals surface area contributed by atoms with Gasteiger partial charge in [-0.25, -0.2) is 4.39 Å². The van der Waals surface area contributed by atoms with E-state index < -0.39 is 0 Å². The molecule has 2 nitrogen and oxygen atoms in total. The van der Waals surface area contributed by atoms with Crippen molar-refractivity contribution in [1.29, 1.82) is 0 Å². The van der Waals surface area contributed by atoms with E-state index in [0.29, 0.717) is 0 Å². The van der Waals surface area contributed by atoms with Crippen molar-refractivity contribution in [3.63, 3.8) is 0 Å². The molecule has 0 aliphatic rings. The molecule has 0 radical (unpaired) electrons. The molecular weight excluding hydrogens is 285 g/mol. The van der Waals surface area contributed by atoms with Gasteiger partial charge in [-0.2, -0.15) is 0 Å². The summed E-state index contributed by atoms with van der Waals surface area (Å²) in [5, 5.41) is 3.23. The summed E-state index contributed by atoms with van der Waals surface area (Å²) >= 11 is 1.60. The van der Waals surface area contributed by atoms with Gasteiger partial charge in [0, 0.05) is 22.3 Å². The normalized spacial score (nSPS) is 12.2. The third-order valence-electron chi connectivity index (χ3n) is 3.43. The molecule has 0 heterocycles. The zero-order chi connectivity index (χ0) is 15.2. The fourth-order valence-electron chi connectivity index (χ4n) is 2.07. The zero-order valence-corrected chi connectivity index (χ0v) is 13.3. The molecule has 1 atom stereocenters. The Kier molecular flexibility index (Phi) is 5.65. The molecule has 0 fully saturated rings. The minimum atomic E-state index is -0.204. The minimum absolute atomic E-state index is 0.204. The van der Waals surface area contributed by atoms with E-state index in [0.717, 1.165) is 22.0 Å². The fraction of sp³-hybridized carbons (Fsp3) is 0.294. The Morgan fingerprint density at radius 2 is 2.05 bits per heavy atom. The summed E-state index contributed by atoms with van der Waals surface area (Å²) in [4.78, 5) is 0.920. The smallest absolute Gasteiger partial charge is 0.124 e. The Bertz CT molecular complexity index is 603. The quantitative estimate of drug-likeness (QED) is 0.799. The first-order valence-electron chi connectivity index (χ1n) is 6.86. The number of thioether (sulfide) groups is 1. The molecule has 1 N–H and O–H groups in total. The number of nitrogens with one attached hydrogen (secondary N) is 1. The van der Waals surface area contributed by atoms with Crippen molar-refractivity contribution in [2.75, 3.05) is 14.2 Å². The number of hydrogen-bond donors (Lipinski definition) is 1. The lowest BCUT2D eigenvalue weighted by molar-refractivity contribution is 0.411. The summed E-state index contributed by atoms with van der Waals surface area (Å²) < 4.78 is 18.6. The van der Waals surface area contributed by atoms with Crippen molar-refractivity contribution in [3.05, 3.63) is 59.4 Å². The topological polar surface area (TPSA) is 21.3 Å². The van der Waals surface area contributed by atoms with Crippen molar-refractivity contribution in [2.24, 2.45) is 0 Å². The second-order valence-corrected chi connectivity index (χ2v) is 5.88. The minimum Gasteiger partial charge on any atom is -0.496 e. The number of ether oxygens (including phenoxy) is 1. The second-order valence-electron chi connectivity index (χ2n) is 4.83. The summed E-state index contributed by atoms with van der Waals surface area (Å²) in [7, 11) is 3.61. The SMILES string of the molecule is CNC(C)c1ccc(OC)c(CSc2cccc(F)c2)c1. The molecule has 2 aromatic rings. The lowest BCUT2D eigenvalue weighted by Crippen LogP contribution is -2.12. The Balaban J connectivity index is 2.17. The molecule has 0 saturated heterocycles. The third kappa shape index (κ3) is 4.22. The molecule has 1 unspecified atom stereocenters. The van der Waals surface area contributed by atoms with E-state index in [2.05, 4.69) is 24.4 Å². The van der Waals surface area contributed by atoms with Gasteiger partial charge in [-0.15, -0.1) is 11.8 Å². The molecule has 0 aliphatic heterocycles. The fourth-order valence-corrected chi connectivity index (χ4v) is 2.98. The van der Waals surface area contributed by atoms with Crippen LogP contribution in [-0.2, 0) is 5.75 Å². The zero-order valence-electron chi connectivity index (χ0n) is 12.5. The molecule has 0 saturated carbocycles. The number of halogens is 1. The van der Waals surface area contributed by atoms with E-state index >= 15 is 0 Å². The van der Waals surface area contributed by atoms with Gasteiger partial charge in [-0.05, 0) is 49.9 Å². The Morgan fingerprint density at radius 3 is 2.71 bits per heavy atom. The van der Waals surface area contributed by atoms with Gasteiger partial charge in [0.05, 0.1) is 7.11 Å². The van der Waals surface area contributed by atoms with Crippen molar-refractivity contribution < 1.29 is 9.13 Å². The van der Waals surface area contributed by atoms with Gasteiger partial charge in [0.2, 0.25) is 0 Å². The van der Waals surface area contributed by atoms with Crippen LogP contribution in [0.1, 0.15) is 24.1 Å². The standard InChI is InChI=1S/C17H20FNOS/c1-12(19-2)13-7-8-17(20-3)14(9-13)11-21-16-6-4-5-15(18)10-16/h4-10,12,19H,11H2,1-3H3. The lowest BCUT2D eigenvalue weighted by atomic mass is 10.1. The first-order chi connectivity index (χ1) is 10.1. The van der Waals surface area contributed by atoms with Crippen LogP contribution in [-0.4, -0.2) is 14.2 Å². The molecule has 0 aliphatic carbocycles. The predicted octanol–water partition coefficient (Wildman–Crippen LogP) is 4.41. The average molecular weight is 305 g/mol. The maximum Gasteiger partial charge on any atom is 0.124 e. The van der Waals surface area contributed by atoms with Crippen LogP contribution in [0.15, 0.2) is 47.4 Å². The lowest BCUT2D eigenvalue weighted by Gasteiger charge is -2.15. The molecule has 21 heavy (non-hydrogen) atoms. The van der Waals surface area contributed by atoms with Crippen LogP contribution in [0.5, 0.6) is 5.75 Å². The van der Waals surface area contributed by atoms with Gasteiger partial charge in [-0.3, -0.25) is 0 Å². The third-order valence-corrected chi connectivity index (χ3v) is 4.47. The van der Waals surface area contributed by atoms with Gasteiger partial charge in [0.1, 0.15) is 11.6 Å². The van der Waals surface area contributed by atoms with Crippen molar-refractivity contribution >= 4 is 11.8 Å². The highest BCUT2D eigenvalue weighted by Crippen LogP contribution is 2.30. The molecule has 2 aromatic carbocycles. The van der Waals surface area contributed by atoms with Crippen molar-refractivity contribution in [2.45, 2.75) is 23.6 Å². The van der Waals surface area contributed by atoms with Crippen molar-refractivity contribution in [3.8, 4) is 5.75 Å². The van der Waals surface area contributed by atoms with Crippen LogP contribution < -0.4 is 10.1 Å². The number of methoxy groups -OCH3 is 1. The van der Waals surface area contributed by atoms with E-state index in [-0.39, 0.29) is 11.9 Å². The molecule has 4 heteroatoms. The second kappa shape index (κ2) is 7.48. The molecule has 112 valence electrons. The highest BCUT2D eigenvalue weighted by Gasteiger charge is 2.09. The Hall–Kier alpha value is -1.52. The first-order valence-corrected chi connectivity index (χ1v) is 7.85. The van der Waals surface area contributed by atoms with Crippen LogP contribution in [0, 0.1) is 5.82 Å². The molecule has 2 rings (SSSR count). The van der Waals surface area contributed by atoms with Gasteiger partial charge < -0.3 is 10.1 Å². The summed E-state index contributed by atoms with van der Waals surface area (Å²) in [5.41, 5.74) is 2.33. The summed E-state index contributed by atoms with van der Waals surface area (Å²) in [5.74, 6) is 1.41. The van der Waals surface area contributed by atoms with Crippen LogP contribution in [0.25, 0.3) is 0 Å². The molecule has 0 aromatic heterocycles. The number of hydrogen-bond acceptors (Lipinski definition) is 3. The van der Waals surface area contributed by atoms with Gasteiger partial charge in [-0.1, -0.05) is 12.1 Å². The Morgan fingerprint density at radius 1 is 1.24 bits per heavy atom. The maximum absolute atomic E-state index is 13.2. The molecule has 0 spiro atoms. The summed E-state index contributed by atoms with van der Waals surface area (Å²) in [6.07, 6.45) is 0. The van der Waals surface area contributed by atoms with Gasteiger partial charge in [0.25, 0.3) is 0 Å². The van der Waals surface area contributed by atoms with E-state index in [1.165, 1.54) is 11.6 Å². The van der Waals surface area contributed by atoms with Crippen LogP contribution in [0.2, 0.25) is 0 Å². The highest BCUT2D eigenvalue weighted by atomic mass is 32.2. The summed E-state index contributed by atoms with van der Waals surface area (Å²) in [6.45, 7) is 2.12. The van der Waals surface area contributed by atoms with E-state index in [4.69, 9.17) is 4.74 Å². The van der Waals surface area contributed by atoms with Crippen LogP contribution in [0.3, 0.4) is 0 Å². The predicted molar refractivity (Wildman–Crippen MR) is 86.4 cm³/mol. The summed E-state index contributed by atoms with van der Waals surface area (Å²) in [6, 6.07) is 13.1. The Labute approximate surface area is 129 Å². The molecule has 0 amide bonds. The largest absolute Gasteiger partial charge is 0.496 e. The maximum atomic E-state index is 13.2. The van der Waals surface area contributed by atoms with E-state index in [9.17, 15) is 4.39 Å². The number of rotatable bonds is 6. The highest BCUT2D eigenvalue weighted by molar-refractivity contribution is 7.98. The van der Waals surface area contributed by atoms with E-state index in [1.807, 2.05) is 19.2 Å². The average Bonchev–Trinajstić information content (AvgIpc) is 2.52. The number of benzene rings is 2. The van der Waals surface area contributed by atoms with E-state index in [1.54, 1.807) is 31.0 Å². The van der Waals surface area contributed by atoms with Crippen LogP contribution >= 0.6 is 11.8 Å². The van der Waals surface area contributed by atoms with Gasteiger partial charge in [0.15, 0.2) is 0 Å². The van der Waals surface area contributed by atoms with Gasteiger partial charge >= 0.3 is 0 Å². The van der Waals surface area contributed by atoms with Crippen molar-refractivity contribution in [1.82, 2.24) is 5.32 Å².